The average Bonchev–Trinajstić information content (AvgIpc) is 2.93. The third kappa shape index (κ3) is 3.86. The topological polar surface area (TPSA) is 64.3 Å². The number of hydrogen-bond acceptors (Lipinski definition) is 3. The van der Waals surface area contributed by atoms with E-state index < -0.39 is 5.97 Å². The maximum Gasteiger partial charge on any atom is 0.335 e. The lowest BCUT2D eigenvalue weighted by Gasteiger charge is -2.28. The summed E-state index contributed by atoms with van der Waals surface area (Å²) in [5, 5.41) is 18.7. The zero-order valence-electron chi connectivity index (χ0n) is 16.0. The van der Waals surface area contributed by atoms with Crippen LogP contribution in [0, 0.1) is 17.1 Å². The normalized spacial score (nSPS) is 12.5. The SMILES string of the molecule is N#Cc1ccc2c(c1)CC=C=C(Cc1ccc(F)cc1)N2c1cccc(C(=O)O)c1. The molecule has 0 aliphatic carbocycles. The Hall–Kier alpha value is -4.13. The van der Waals surface area contributed by atoms with Crippen molar-refractivity contribution in [1.82, 2.24) is 0 Å². The van der Waals surface area contributed by atoms with E-state index in [1.54, 1.807) is 36.4 Å². The summed E-state index contributed by atoms with van der Waals surface area (Å²) in [6.45, 7) is 0. The molecule has 1 aliphatic rings. The minimum atomic E-state index is -1.01. The van der Waals surface area contributed by atoms with Crippen molar-refractivity contribution < 1.29 is 14.3 Å². The Balaban J connectivity index is 1.86. The van der Waals surface area contributed by atoms with E-state index in [0.29, 0.717) is 24.1 Å². The van der Waals surface area contributed by atoms with Gasteiger partial charge in [0.1, 0.15) is 5.82 Å². The molecule has 3 aromatic carbocycles. The van der Waals surface area contributed by atoms with Crippen LogP contribution in [0.25, 0.3) is 0 Å². The molecular weight excluding hydrogens is 379 g/mol. The molecule has 1 aliphatic heterocycles. The van der Waals surface area contributed by atoms with Gasteiger partial charge in [-0.25, -0.2) is 9.18 Å². The number of rotatable bonds is 4. The predicted molar refractivity (Wildman–Crippen MR) is 112 cm³/mol. The fourth-order valence-electron chi connectivity index (χ4n) is 3.52. The molecule has 0 bridgehead atoms. The fraction of sp³-hybridized carbons (Fsp3) is 0.0800. The molecule has 4 rings (SSSR count). The molecule has 0 saturated heterocycles. The van der Waals surface area contributed by atoms with Crippen LogP contribution in [-0.2, 0) is 12.8 Å². The molecule has 0 spiro atoms. The summed E-state index contributed by atoms with van der Waals surface area (Å²) >= 11 is 0. The third-order valence-electron chi connectivity index (χ3n) is 4.95. The van der Waals surface area contributed by atoms with E-state index >= 15 is 0 Å². The number of nitrogens with zero attached hydrogens (tertiary/aromatic N) is 2. The number of halogens is 1. The van der Waals surface area contributed by atoms with Gasteiger partial charge in [0.25, 0.3) is 0 Å². The second-order valence-electron chi connectivity index (χ2n) is 6.95. The fourth-order valence-corrected chi connectivity index (χ4v) is 3.52. The smallest absolute Gasteiger partial charge is 0.335 e. The quantitative estimate of drug-likeness (QED) is 0.602. The van der Waals surface area contributed by atoms with Crippen LogP contribution in [0.1, 0.15) is 27.0 Å². The van der Waals surface area contributed by atoms with Crippen LogP contribution in [0.3, 0.4) is 0 Å². The Kier molecular flexibility index (Phi) is 5.17. The van der Waals surface area contributed by atoms with Crippen molar-refractivity contribution in [2.75, 3.05) is 4.90 Å². The summed E-state index contributed by atoms with van der Waals surface area (Å²) in [4.78, 5) is 13.5. The lowest BCUT2D eigenvalue weighted by atomic mass is 10.0. The lowest BCUT2D eigenvalue weighted by molar-refractivity contribution is 0.0697. The highest BCUT2D eigenvalue weighted by Crippen LogP contribution is 2.36. The van der Waals surface area contributed by atoms with Crippen LogP contribution >= 0.6 is 0 Å². The number of hydrogen-bond donors (Lipinski definition) is 1. The van der Waals surface area contributed by atoms with Crippen LogP contribution in [0.5, 0.6) is 0 Å². The van der Waals surface area contributed by atoms with Gasteiger partial charge in [0.2, 0.25) is 0 Å². The molecule has 146 valence electrons. The first-order valence-corrected chi connectivity index (χ1v) is 9.40. The molecule has 0 amide bonds. The van der Waals surface area contributed by atoms with Crippen molar-refractivity contribution in [2.24, 2.45) is 0 Å². The van der Waals surface area contributed by atoms with E-state index in [4.69, 9.17) is 0 Å². The van der Waals surface area contributed by atoms with Crippen molar-refractivity contribution in [1.29, 1.82) is 5.26 Å². The van der Waals surface area contributed by atoms with Gasteiger partial charge in [-0.3, -0.25) is 0 Å². The van der Waals surface area contributed by atoms with Crippen molar-refractivity contribution >= 4 is 17.3 Å². The first-order valence-electron chi connectivity index (χ1n) is 9.40. The molecule has 0 atom stereocenters. The molecule has 1 heterocycles. The monoisotopic (exact) mass is 396 g/mol. The van der Waals surface area contributed by atoms with E-state index in [9.17, 15) is 19.6 Å². The van der Waals surface area contributed by atoms with Gasteiger partial charge in [0.15, 0.2) is 0 Å². The van der Waals surface area contributed by atoms with Gasteiger partial charge in [-0.1, -0.05) is 18.2 Å². The number of aromatic carboxylic acids is 1. The van der Waals surface area contributed by atoms with Crippen molar-refractivity contribution in [3.05, 3.63) is 112 Å². The third-order valence-corrected chi connectivity index (χ3v) is 4.95. The number of nitriles is 1. The van der Waals surface area contributed by atoms with Gasteiger partial charge in [-0.15, -0.1) is 5.73 Å². The largest absolute Gasteiger partial charge is 0.478 e. The molecule has 3 aromatic rings. The summed E-state index contributed by atoms with van der Waals surface area (Å²) in [6, 6.07) is 20.6. The first-order chi connectivity index (χ1) is 14.5. The Morgan fingerprint density at radius 1 is 1.13 bits per heavy atom. The molecule has 0 unspecified atom stereocenters. The van der Waals surface area contributed by atoms with Crippen LogP contribution in [0.15, 0.2) is 84.2 Å². The van der Waals surface area contributed by atoms with E-state index in [2.05, 4.69) is 11.8 Å². The number of anilines is 2. The van der Waals surface area contributed by atoms with Crippen molar-refractivity contribution in [3.63, 3.8) is 0 Å². The Bertz CT molecular complexity index is 1230. The van der Waals surface area contributed by atoms with Gasteiger partial charge in [-0.05, 0) is 65.7 Å². The number of allylic oxidation sites excluding steroid dienone is 1. The van der Waals surface area contributed by atoms with Crippen LogP contribution in [0.4, 0.5) is 15.8 Å². The molecule has 0 saturated carbocycles. The minimum absolute atomic E-state index is 0.178. The van der Waals surface area contributed by atoms with Crippen LogP contribution < -0.4 is 4.90 Å². The van der Waals surface area contributed by atoms with E-state index in [1.807, 2.05) is 29.2 Å². The number of carboxylic acid groups (broad SMARTS) is 1. The highest BCUT2D eigenvalue weighted by Gasteiger charge is 2.21. The highest BCUT2D eigenvalue weighted by atomic mass is 19.1. The van der Waals surface area contributed by atoms with E-state index in [0.717, 1.165) is 22.5 Å². The number of fused-ring (bicyclic) bond motifs is 1. The van der Waals surface area contributed by atoms with Crippen LogP contribution in [0.2, 0.25) is 0 Å². The average molecular weight is 396 g/mol. The molecule has 0 fully saturated rings. The van der Waals surface area contributed by atoms with Crippen molar-refractivity contribution in [3.8, 4) is 6.07 Å². The molecular formula is C25H17FN2O2. The van der Waals surface area contributed by atoms with Crippen LogP contribution in [-0.4, -0.2) is 11.1 Å². The zero-order valence-corrected chi connectivity index (χ0v) is 16.0. The second kappa shape index (κ2) is 8.08. The number of carboxylic acids is 1. The van der Waals surface area contributed by atoms with Gasteiger partial charge < -0.3 is 10.0 Å². The Morgan fingerprint density at radius 3 is 2.67 bits per heavy atom. The number of carbonyl (C=O) groups is 1. The lowest BCUT2D eigenvalue weighted by Crippen LogP contribution is -2.19. The van der Waals surface area contributed by atoms with E-state index in [-0.39, 0.29) is 11.4 Å². The number of benzene rings is 3. The second-order valence-corrected chi connectivity index (χ2v) is 6.95. The molecule has 0 aromatic heterocycles. The minimum Gasteiger partial charge on any atom is -0.478 e. The molecule has 30 heavy (non-hydrogen) atoms. The Labute approximate surface area is 173 Å². The predicted octanol–water partition coefficient (Wildman–Crippen LogP) is 5.37. The highest BCUT2D eigenvalue weighted by molar-refractivity contribution is 5.89. The summed E-state index contributed by atoms with van der Waals surface area (Å²) in [5.74, 6) is -1.31. The van der Waals surface area contributed by atoms with Gasteiger partial charge in [0.05, 0.1) is 28.6 Å². The van der Waals surface area contributed by atoms with Gasteiger partial charge >= 0.3 is 5.97 Å². The standard InChI is InChI=1S/C25H17FN2O2/c26-21-10-7-17(8-11-21)14-22-5-1-3-19-13-18(16-27)9-12-24(19)28(22)23-6-2-4-20(15-23)25(29)30/h1-2,4,6-13,15H,3,14H2,(H,29,30). The summed E-state index contributed by atoms with van der Waals surface area (Å²) in [5.41, 5.74) is 8.24. The molecule has 4 nitrogen and oxygen atoms in total. The summed E-state index contributed by atoms with van der Waals surface area (Å²) < 4.78 is 13.3. The van der Waals surface area contributed by atoms with Crippen molar-refractivity contribution in [2.45, 2.75) is 12.8 Å². The zero-order chi connectivity index (χ0) is 21.1. The first kappa shape index (κ1) is 19.2. The maximum atomic E-state index is 13.3. The maximum absolute atomic E-state index is 13.3. The molecule has 1 N–H and O–H groups in total. The molecule has 0 radical (unpaired) electrons. The van der Waals surface area contributed by atoms with Gasteiger partial charge in [-0.2, -0.15) is 5.26 Å². The van der Waals surface area contributed by atoms with Gasteiger partial charge in [0, 0.05) is 18.5 Å². The summed E-state index contributed by atoms with van der Waals surface area (Å²) in [6.07, 6.45) is 2.97. The molecule has 5 heteroatoms. The Morgan fingerprint density at radius 2 is 1.93 bits per heavy atom. The summed E-state index contributed by atoms with van der Waals surface area (Å²) in [7, 11) is 0. The van der Waals surface area contributed by atoms with E-state index in [1.165, 1.54) is 12.1 Å².